The van der Waals surface area contributed by atoms with E-state index in [2.05, 4.69) is 12.2 Å². The molecule has 4 heteroatoms. The van der Waals surface area contributed by atoms with Crippen LogP contribution >= 0.6 is 22.9 Å². The second-order valence-corrected chi connectivity index (χ2v) is 6.35. The van der Waals surface area contributed by atoms with E-state index in [1.165, 1.54) is 0 Å². The molecule has 102 valence electrons. The molecule has 1 aromatic heterocycles. The van der Waals surface area contributed by atoms with Crippen LogP contribution in [-0.2, 0) is 0 Å². The van der Waals surface area contributed by atoms with Crippen molar-refractivity contribution in [2.24, 2.45) is 0 Å². The summed E-state index contributed by atoms with van der Waals surface area (Å²) in [7, 11) is 0. The first kappa shape index (κ1) is 14.5. The van der Waals surface area contributed by atoms with Crippen molar-refractivity contribution < 1.29 is 4.39 Å². The minimum Gasteiger partial charge on any atom is -0.306 e. The van der Waals surface area contributed by atoms with Gasteiger partial charge in [0.05, 0.1) is 10.4 Å². The average Bonchev–Trinajstić information content (AvgIpc) is 2.79. The summed E-state index contributed by atoms with van der Waals surface area (Å²) < 4.78 is 14.5. The first-order chi connectivity index (χ1) is 9.02. The summed E-state index contributed by atoms with van der Waals surface area (Å²) in [6.07, 6.45) is 0. The smallest absolute Gasteiger partial charge is 0.129 e. The molecule has 1 heterocycles. The zero-order valence-corrected chi connectivity index (χ0v) is 12.8. The van der Waals surface area contributed by atoms with Crippen LogP contribution in [0.4, 0.5) is 4.39 Å². The van der Waals surface area contributed by atoms with E-state index >= 15 is 0 Å². The molecule has 0 saturated carbocycles. The van der Waals surface area contributed by atoms with Crippen molar-refractivity contribution >= 4 is 22.9 Å². The highest BCUT2D eigenvalue weighted by molar-refractivity contribution is 7.16. The largest absolute Gasteiger partial charge is 0.306 e. The molecule has 1 aromatic carbocycles. The van der Waals surface area contributed by atoms with Gasteiger partial charge in [-0.1, -0.05) is 30.7 Å². The van der Waals surface area contributed by atoms with Gasteiger partial charge >= 0.3 is 0 Å². The molecule has 0 aliphatic carbocycles. The first-order valence-electron chi connectivity index (χ1n) is 6.28. The Bertz CT molecular complexity index is 556. The van der Waals surface area contributed by atoms with Crippen LogP contribution in [-0.4, -0.2) is 6.54 Å². The van der Waals surface area contributed by atoms with Gasteiger partial charge in [-0.2, -0.15) is 0 Å². The van der Waals surface area contributed by atoms with E-state index in [0.29, 0.717) is 11.1 Å². The van der Waals surface area contributed by atoms with E-state index in [4.69, 9.17) is 11.6 Å². The van der Waals surface area contributed by atoms with Gasteiger partial charge in [-0.3, -0.25) is 0 Å². The molecule has 0 fully saturated rings. The molecule has 0 amide bonds. The number of benzene rings is 1. The number of hydrogen-bond donors (Lipinski definition) is 1. The molecule has 0 saturated heterocycles. The molecule has 19 heavy (non-hydrogen) atoms. The second-order valence-electron chi connectivity index (χ2n) is 4.60. The number of nitrogens with one attached hydrogen (secondary N) is 1. The minimum atomic E-state index is -0.122. The van der Waals surface area contributed by atoms with Crippen LogP contribution in [0.15, 0.2) is 24.3 Å². The maximum Gasteiger partial charge on any atom is 0.129 e. The highest BCUT2D eigenvalue weighted by atomic mass is 35.5. The van der Waals surface area contributed by atoms with Gasteiger partial charge in [0.25, 0.3) is 0 Å². The summed E-state index contributed by atoms with van der Waals surface area (Å²) in [6, 6.07) is 7.80. The molecule has 2 aromatic rings. The molecule has 2 rings (SSSR count). The summed E-state index contributed by atoms with van der Waals surface area (Å²) in [5.74, 6) is -0.122. The van der Waals surface area contributed by atoms with Crippen molar-refractivity contribution in [2.75, 3.05) is 6.54 Å². The molecular weight excluding hydrogens is 281 g/mol. The average molecular weight is 298 g/mol. The molecule has 1 N–H and O–H groups in total. The van der Waals surface area contributed by atoms with Crippen LogP contribution in [0.25, 0.3) is 0 Å². The van der Waals surface area contributed by atoms with Crippen molar-refractivity contribution in [1.82, 2.24) is 5.32 Å². The van der Waals surface area contributed by atoms with Crippen LogP contribution in [0.5, 0.6) is 0 Å². The molecule has 1 unspecified atom stereocenters. The number of rotatable bonds is 4. The zero-order chi connectivity index (χ0) is 14.0. The zero-order valence-electron chi connectivity index (χ0n) is 11.3. The molecular formula is C15H17ClFNS. The van der Waals surface area contributed by atoms with E-state index < -0.39 is 0 Å². The monoisotopic (exact) mass is 297 g/mol. The lowest BCUT2D eigenvalue weighted by Crippen LogP contribution is -2.21. The minimum absolute atomic E-state index is 0.0699. The van der Waals surface area contributed by atoms with E-state index in [-0.39, 0.29) is 11.9 Å². The number of halogens is 2. The molecule has 0 bridgehead atoms. The maximum atomic E-state index is 13.7. The highest BCUT2D eigenvalue weighted by Gasteiger charge is 2.17. The third-order valence-electron chi connectivity index (χ3n) is 3.08. The second kappa shape index (κ2) is 6.04. The SMILES string of the molecule is CCNC(c1cc(C)c(F)c(C)c1)c1ccc(Cl)s1. The fourth-order valence-corrected chi connectivity index (χ4v) is 3.38. The van der Waals surface area contributed by atoms with Crippen LogP contribution in [0, 0.1) is 19.7 Å². The Kier molecular flexibility index (Phi) is 4.61. The molecule has 1 nitrogen and oxygen atoms in total. The van der Waals surface area contributed by atoms with Gasteiger partial charge in [-0.25, -0.2) is 4.39 Å². The predicted octanol–water partition coefficient (Wildman–Crippen LogP) is 4.86. The van der Waals surface area contributed by atoms with Gasteiger partial charge in [0, 0.05) is 4.88 Å². The van der Waals surface area contributed by atoms with Crippen LogP contribution < -0.4 is 5.32 Å². The first-order valence-corrected chi connectivity index (χ1v) is 7.47. The number of hydrogen-bond acceptors (Lipinski definition) is 2. The van der Waals surface area contributed by atoms with Crippen LogP contribution in [0.3, 0.4) is 0 Å². The molecule has 0 radical (unpaired) electrons. The van der Waals surface area contributed by atoms with E-state index in [1.54, 1.807) is 25.2 Å². The van der Waals surface area contributed by atoms with Crippen LogP contribution in [0.2, 0.25) is 4.34 Å². The Morgan fingerprint density at radius 1 is 1.26 bits per heavy atom. The molecule has 0 spiro atoms. The lowest BCUT2D eigenvalue weighted by atomic mass is 9.99. The third kappa shape index (κ3) is 3.16. The van der Waals surface area contributed by atoms with Gasteiger partial charge in [0.2, 0.25) is 0 Å². The third-order valence-corrected chi connectivity index (χ3v) is 4.37. The highest BCUT2D eigenvalue weighted by Crippen LogP contribution is 2.32. The number of aryl methyl sites for hydroxylation is 2. The lowest BCUT2D eigenvalue weighted by molar-refractivity contribution is 0.600. The van der Waals surface area contributed by atoms with Gasteiger partial charge in [0.15, 0.2) is 0 Å². The summed E-state index contributed by atoms with van der Waals surface area (Å²) in [5.41, 5.74) is 2.44. The summed E-state index contributed by atoms with van der Waals surface area (Å²) in [6.45, 7) is 6.51. The Morgan fingerprint density at radius 3 is 2.37 bits per heavy atom. The summed E-state index contributed by atoms with van der Waals surface area (Å²) >= 11 is 7.57. The summed E-state index contributed by atoms with van der Waals surface area (Å²) in [4.78, 5) is 1.15. The van der Waals surface area contributed by atoms with Crippen LogP contribution in [0.1, 0.15) is 34.5 Å². The Morgan fingerprint density at radius 2 is 1.89 bits per heavy atom. The van der Waals surface area contributed by atoms with Crippen molar-refractivity contribution in [3.05, 3.63) is 56.0 Å². The van der Waals surface area contributed by atoms with Crippen molar-refractivity contribution in [3.8, 4) is 0 Å². The predicted molar refractivity (Wildman–Crippen MR) is 80.7 cm³/mol. The molecule has 0 aliphatic rings. The van der Waals surface area contributed by atoms with Crippen molar-refractivity contribution in [3.63, 3.8) is 0 Å². The molecule has 0 aliphatic heterocycles. The molecule has 1 atom stereocenters. The quantitative estimate of drug-likeness (QED) is 0.850. The van der Waals surface area contributed by atoms with Crippen molar-refractivity contribution in [1.29, 1.82) is 0 Å². The van der Waals surface area contributed by atoms with Gasteiger partial charge < -0.3 is 5.32 Å². The van der Waals surface area contributed by atoms with E-state index in [9.17, 15) is 4.39 Å². The fourth-order valence-electron chi connectivity index (χ4n) is 2.22. The topological polar surface area (TPSA) is 12.0 Å². The van der Waals surface area contributed by atoms with Gasteiger partial charge in [-0.05, 0) is 49.2 Å². The normalized spacial score (nSPS) is 12.7. The maximum absolute atomic E-state index is 13.7. The van der Waals surface area contributed by atoms with Crippen molar-refractivity contribution in [2.45, 2.75) is 26.8 Å². The standard InChI is InChI=1S/C15H17ClFNS/c1-4-18-15(12-5-6-13(16)19-12)11-7-9(2)14(17)10(3)8-11/h5-8,15,18H,4H2,1-3H3. The van der Waals surface area contributed by atoms with Gasteiger partial charge in [0.1, 0.15) is 5.82 Å². The number of thiophene rings is 1. The summed E-state index contributed by atoms with van der Waals surface area (Å²) in [5, 5.41) is 3.43. The Hall–Kier alpha value is -0.900. The fraction of sp³-hybridized carbons (Fsp3) is 0.333. The van der Waals surface area contributed by atoms with E-state index in [0.717, 1.165) is 21.3 Å². The Balaban J connectivity index is 2.44. The Labute approximate surface area is 122 Å². The van der Waals surface area contributed by atoms with E-state index in [1.807, 2.05) is 24.3 Å². The lowest BCUT2D eigenvalue weighted by Gasteiger charge is -2.18. The van der Waals surface area contributed by atoms with Gasteiger partial charge in [-0.15, -0.1) is 11.3 Å².